The summed E-state index contributed by atoms with van der Waals surface area (Å²) < 4.78 is 5.44. The third-order valence-electron chi connectivity index (χ3n) is 4.58. The lowest BCUT2D eigenvalue weighted by atomic mass is 9.90. The van der Waals surface area contributed by atoms with Gasteiger partial charge in [-0.15, -0.1) is 0 Å². The Labute approximate surface area is 142 Å². The minimum Gasteiger partial charge on any atom is -0.379 e. The third-order valence-corrected chi connectivity index (χ3v) is 4.88. The molecule has 0 radical (unpaired) electrons. The van der Waals surface area contributed by atoms with E-state index in [1.165, 1.54) is 0 Å². The molecule has 2 N–H and O–H groups in total. The first-order chi connectivity index (χ1) is 11.1. The zero-order valence-corrected chi connectivity index (χ0v) is 14.5. The smallest absolute Gasteiger partial charge is 0.319 e. The molecule has 1 aliphatic heterocycles. The molecule has 23 heavy (non-hydrogen) atoms. The summed E-state index contributed by atoms with van der Waals surface area (Å²) in [6.45, 7) is 8.22. The van der Waals surface area contributed by atoms with Gasteiger partial charge in [0.05, 0.1) is 18.9 Å². The lowest BCUT2D eigenvalue weighted by molar-refractivity contribution is -0.0248. The van der Waals surface area contributed by atoms with Gasteiger partial charge in [0.2, 0.25) is 0 Å². The van der Waals surface area contributed by atoms with E-state index in [2.05, 4.69) is 34.4 Å². The number of halogens is 1. The predicted octanol–water partition coefficient (Wildman–Crippen LogP) is 2.75. The van der Waals surface area contributed by atoms with Crippen LogP contribution in [0.2, 0.25) is 5.15 Å². The molecule has 128 valence electrons. The number of pyridine rings is 1. The molecule has 0 unspecified atom stereocenters. The van der Waals surface area contributed by atoms with Crippen LogP contribution in [0.25, 0.3) is 0 Å². The quantitative estimate of drug-likeness (QED) is 0.781. The van der Waals surface area contributed by atoms with Crippen molar-refractivity contribution in [1.82, 2.24) is 15.2 Å². The average molecular weight is 341 g/mol. The van der Waals surface area contributed by atoms with Gasteiger partial charge < -0.3 is 15.4 Å². The monoisotopic (exact) mass is 340 g/mol. The molecule has 1 aromatic heterocycles. The Morgan fingerprint density at radius 2 is 2.09 bits per heavy atom. The molecule has 1 saturated heterocycles. The Balaban J connectivity index is 1.95. The molecule has 7 heteroatoms. The maximum atomic E-state index is 12.2. The number of ether oxygens (including phenoxy) is 1. The van der Waals surface area contributed by atoms with E-state index in [1.54, 1.807) is 18.3 Å². The predicted molar refractivity (Wildman–Crippen MR) is 92.0 cm³/mol. The van der Waals surface area contributed by atoms with Crippen LogP contribution < -0.4 is 10.6 Å². The second kappa shape index (κ2) is 8.47. The van der Waals surface area contributed by atoms with Crippen molar-refractivity contribution in [1.29, 1.82) is 0 Å². The Hall–Kier alpha value is -1.37. The Morgan fingerprint density at radius 1 is 1.39 bits per heavy atom. The molecule has 6 nitrogen and oxygen atoms in total. The topological polar surface area (TPSA) is 66.5 Å². The molecule has 1 fully saturated rings. The van der Waals surface area contributed by atoms with Gasteiger partial charge in [0.15, 0.2) is 5.15 Å². The number of hydrogen-bond donors (Lipinski definition) is 2. The number of urea groups is 1. The number of carbonyl (C=O) groups is 1. The summed E-state index contributed by atoms with van der Waals surface area (Å²) in [4.78, 5) is 18.5. The fourth-order valence-corrected chi connectivity index (χ4v) is 3.15. The van der Waals surface area contributed by atoms with Gasteiger partial charge in [-0.3, -0.25) is 4.90 Å². The third kappa shape index (κ3) is 4.56. The SMILES string of the molecule is CCC(CC)(CNC(=O)Nc1cccnc1Cl)N1CCOCC1. The molecule has 0 bridgehead atoms. The molecule has 0 atom stereocenters. The molecule has 0 aromatic carbocycles. The van der Waals surface area contributed by atoms with E-state index in [-0.39, 0.29) is 16.7 Å². The van der Waals surface area contributed by atoms with E-state index < -0.39 is 0 Å². The second-order valence-electron chi connectivity index (χ2n) is 5.68. The number of anilines is 1. The first-order valence-electron chi connectivity index (χ1n) is 8.09. The summed E-state index contributed by atoms with van der Waals surface area (Å²) in [7, 11) is 0. The van der Waals surface area contributed by atoms with Crippen LogP contribution >= 0.6 is 11.6 Å². The highest BCUT2D eigenvalue weighted by atomic mass is 35.5. The van der Waals surface area contributed by atoms with Crippen molar-refractivity contribution in [3.05, 3.63) is 23.5 Å². The number of nitrogens with one attached hydrogen (secondary N) is 2. The standard InChI is InChI=1S/C16H25ClN4O2/c1-3-16(4-2,21-8-10-23-11-9-21)12-19-15(22)20-13-6-5-7-18-14(13)17/h5-7H,3-4,8-12H2,1-2H3,(H2,19,20,22). The zero-order valence-electron chi connectivity index (χ0n) is 13.8. The number of morpholine rings is 1. The number of amides is 2. The summed E-state index contributed by atoms with van der Waals surface area (Å²) in [6.07, 6.45) is 3.53. The molecular formula is C16H25ClN4O2. The summed E-state index contributed by atoms with van der Waals surface area (Å²) in [6, 6.07) is 3.20. The number of nitrogens with zero attached hydrogens (tertiary/aromatic N) is 2. The van der Waals surface area contributed by atoms with Crippen molar-refractivity contribution in [2.45, 2.75) is 32.2 Å². The van der Waals surface area contributed by atoms with Gasteiger partial charge in [0, 0.05) is 31.4 Å². The Kier molecular flexibility index (Phi) is 6.62. The van der Waals surface area contributed by atoms with Gasteiger partial charge in [-0.2, -0.15) is 0 Å². The highest BCUT2D eigenvalue weighted by Gasteiger charge is 2.34. The van der Waals surface area contributed by atoms with Crippen LogP contribution in [0.5, 0.6) is 0 Å². The summed E-state index contributed by atoms with van der Waals surface area (Å²) in [5.41, 5.74) is 0.469. The molecule has 2 amide bonds. The van der Waals surface area contributed by atoms with Crippen molar-refractivity contribution < 1.29 is 9.53 Å². The molecule has 2 heterocycles. The maximum Gasteiger partial charge on any atom is 0.319 e. The van der Waals surface area contributed by atoms with Crippen molar-refractivity contribution in [2.75, 3.05) is 38.2 Å². The van der Waals surface area contributed by atoms with E-state index in [4.69, 9.17) is 16.3 Å². The van der Waals surface area contributed by atoms with E-state index in [1.807, 2.05) is 0 Å². The van der Waals surface area contributed by atoms with Gasteiger partial charge in [0.25, 0.3) is 0 Å². The minimum atomic E-state index is -0.264. The van der Waals surface area contributed by atoms with Gasteiger partial charge in [-0.25, -0.2) is 9.78 Å². The van der Waals surface area contributed by atoms with Crippen LogP contribution in [-0.4, -0.2) is 54.3 Å². The second-order valence-corrected chi connectivity index (χ2v) is 6.04. The minimum absolute atomic E-state index is 0.0418. The number of rotatable bonds is 6. The first-order valence-corrected chi connectivity index (χ1v) is 8.47. The van der Waals surface area contributed by atoms with Gasteiger partial charge in [-0.05, 0) is 25.0 Å². The van der Waals surface area contributed by atoms with Gasteiger partial charge in [-0.1, -0.05) is 25.4 Å². The molecule has 0 saturated carbocycles. The number of carbonyl (C=O) groups excluding carboxylic acids is 1. The molecule has 1 aromatic rings. The van der Waals surface area contributed by atoms with Crippen LogP contribution in [0.15, 0.2) is 18.3 Å². The highest BCUT2D eigenvalue weighted by molar-refractivity contribution is 6.32. The van der Waals surface area contributed by atoms with Crippen LogP contribution in [0.3, 0.4) is 0 Å². The van der Waals surface area contributed by atoms with Crippen LogP contribution in [-0.2, 0) is 4.74 Å². The van der Waals surface area contributed by atoms with Crippen molar-refractivity contribution in [3.8, 4) is 0 Å². The highest BCUT2D eigenvalue weighted by Crippen LogP contribution is 2.24. The van der Waals surface area contributed by atoms with Gasteiger partial charge in [0.1, 0.15) is 0 Å². The first kappa shape index (κ1) is 18.0. The molecule has 0 spiro atoms. The van der Waals surface area contributed by atoms with Crippen molar-refractivity contribution in [3.63, 3.8) is 0 Å². The molecule has 0 aliphatic carbocycles. The van der Waals surface area contributed by atoms with Crippen LogP contribution in [0.1, 0.15) is 26.7 Å². The fourth-order valence-electron chi connectivity index (χ4n) is 2.99. The van der Waals surface area contributed by atoms with E-state index in [0.717, 1.165) is 39.1 Å². The van der Waals surface area contributed by atoms with Gasteiger partial charge >= 0.3 is 6.03 Å². The summed E-state index contributed by atoms with van der Waals surface area (Å²) in [5.74, 6) is 0. The largest absolute Gasteiger partial charge is 0.379 e. The zero-order chi connectivity index (χ0) is 16.7. The molecule has 1 aliphatic rings. The lowest BCUT2D eigenvalue weighted by Gasteiger charge is -2.45. The molecular weight excluding hydrogens is 316 g/mol. The maximum absolute atomic E-state index is 12.2. The summed E-state index contributed by atoms with van der Waals surface area (Å²) in [5, 5.41) is 6.01. The van der Waals surface area contributed by atoms with E-state index in [0.29, 0.717) is 12.2 Å². The van der Waals surface area contributed by atoms with E-state index in [9.17, 15) is 4.79 Å². The van der Waals surface area contributed by atoms with Crippen molar-refractivity contribution >= 4 is 23.3 Å². The average Bonchev–Trinajstić information content (AvgIpc) is 2.59. The Morgan fingerprint density at radius 3 is 2.70 bits per heavy atom. The number of hydrogen-bond acceptors (Lipinski definition) is 4. The normalized spacial score (nSPS) is 16.1. The summed E-state index contributed by atoms with van der Waals surface area (Å²) >= 11 is 5.96. The fraction of sp³-hybridized carbons (Fsp3) is 0.625. The number of aromatic nitrogens is 1. The van der Waals surface area contributed by atoms with E-state index >= 15 is 0 Å². The lowest BCUT2D eigenvalue weighted by Crippen LogP contribution is -2.58. The van der Waals surface area contributed by atoms with Crippen LogP contribution in [0, 0.1) is 0 Å². The van der Waals surface area contributed by atoms with Crippen LogP contribution in [0.4, 0.5) is 10.5 Å². The van der Waals surface area contributed by atoms with Crippen molar-refractivity contribution in [2.24, 2.45) is 0 Å². The Bertz CT molecular complexity index is 517. The molecule has 2 rings (SSSR count).